The summed E-state index contributed by atoms with van der Waals surface area (Å²) in [6.45, 7) is 4.75. The summed E-state index contributed by atoms with van der Waals surface area (Å²) in [7, 11) is 1.91. The quantitative estimate of drug-likeness (QED) is 0.587. The first-order valence-corrected chi connectivity index (χ1v) is 7.27. The number of aliphatic imine (C=N–C) groups is 1. The molecule has 0 unspecified atom stereocenters. The number of rotatable bonds is 5. The normalized spacial score (nSPS) is 11.1. The predicted molar refractivity (Wildman–Crippen MR) is 86.8 cm³/mol. The van der Waals surface area contributed by atoms with Crippen LogP contribution in [0.1, 0.15) is 23.6 Å². The van der Waals surface area contributed by atoms with Gasteiger partial charge in [0, 0.05) is 13.6 Å². The van der Waals surface area contributed by atoms with Gasteiger partial charge in [-0.25, -0.2) is 13.8 Å². The van der Waals surface area contributed by atoms with Crippen LogP contribution in [0.4, 0.5) is 14.5 Å². The van der Waals surface area contributed by atoms with E-state index in [0.29, 0.717) is 12.1 Å². The van der Waals surface area contributed by atoms with Crippen molar-refractivity contribution in [3.8, 4) is 0 Å². The van der Waals surface area contributed by atoms with Crippen molar-refractivity contribution in [2.45, 2.75) is 20.3 Å². The summed E-state index contributed by atoms with van der Waals surface area (Å²) in [6.07, 6.45) is 2.17. The van der Waals surface area contributed by atoms with Crippen molar-refractivity contribution in [2.24, 2.45) is 4.99 Å². The summed E-state index contributed by atoms with van der Waals surface area (Å²) in [4.78, 5) is 6.26. The van der Waals surface area contributed by atoms with Crippen LogP contribution in [0, 0.1) is 18.6 Å². The summed E-state index contributed by atoms with van der Waals surface area (Å²) in [5, 5.41) is 0. The molecule has 2 aromatic rings. The second-order valence-corrected chi connectivity index (χ2v) is 5.33. The fourth-order valence-corrected chi connectivity index (χ4v) is 2.15. The van der Waals surface area contributed by atoms with E-state index in [1.165, 1.54) is 24.3 Å². The molecule has 22 heavy (non-hydrogen) atoms. The number of hydrogen-bond acceptors (Lipinski definition) is 1. The Morgan fingerprint density at radius 1 is 1.14 bits per heavy atom. The molecule has 0 amide bonds. The Bertz CT molecular complexity index is 681. The van der Waals surface area contributed by atoms with Crippen molar-refractivity contribution < 1.29 is 8.78 Å². The van der Waals surface area contributed by atoms with Crippen LogP contribution in [0.25, 0.3) is 0 Å². The molecule has 2 nitrogen and oxygen atoms in total. The minimum Gasteiger partial charge on any atom is -0.366 e. The molecule has 0 aliphatic rings. The van der Waals surface area contributed by atoms with Crippen LogP contribution >= 0.6 is 0 Å². The maximum Gasteiger partial charge on any atom is 0.125 e. The van der Waals surface area contributed by atoms with Gasteiger partial charge in [0.2, 0.25) is 0 Å². The Hall–Kier alpha value is -2.23. The highest BCUT2D eigenvalue weighted by molar-refractivity contribution is 5.64. The van der Waals surface area contributed by atoms with E-state index in [1.54, 1.807) is 12.4 Å². The van der Waals surface area contributed by atoms with Gasteiger partial charge in [-0.1, -0.05) is 12.1 Å². The van der Waals surface area contributed by atoms with Crippen molar-refractivity contribution in [2.75, 3.05) is 13.6 Å². The third-order valence-electron chi connectivity index (χ3n) is 3.63. The molecule has 0 saturated carbocycles. The van der Waals surface area contributed by atoms with Crippen LogP contribution in [0.2, 0.25) is 0 Å². The molecule has 0 N–H and O–H groups in total. The minimum absolute atomic E-state index is 0.283. The van der Waals surface area contributed by atoms with Crippen LogP contribution in [-0.4, -0.2) is 24.8 Å². The second kappa shape index (κ2) is 7.16. The zero-order valence-corrected chi connectivity index (χ0v) is 13.1. The van der Waals surface area contributed by atoms with Gasteiger partial charge in [-0.2, -0.15) is 0 Å². The molecule has 0 spiro atoms. The van der Waals surface area contributed by atoms with Crippen molar-refractivity contribution in [1.82, 2.24) is 4.90 Å². The van der Waals surface area contributed by atoms with Gasteiger partial charge < -0.3 is 4.90 Å². The van der Waals surface area contributed by atoms with E-state index in [2.05, 4.69) is 4.99 Å². The lowest BCUT2D eigenvalue weighted by Crippen LogP contribution is -2.14. The van der Waals surface area contributed by atoms with E-state index in [9.17, 15) is 8.78 Å². The summed E-state index contributed by atoms with van der Waals surface area (Å²) >= 11 is 0. The van der Waals surface area contributed by atoms with E-state index < -0.39 is 0 Å². The standard InChI is InChI=1S/C18H20F2N2/c1-4-22(3)12-21-18-11-17(20)10-15(13(18)2)8-14-6-5-7-16(19)9-14/h5-7,9-12H,4,8H2,1-3H3. The van der Waals surface area contributed by atoms with E-state index in [-0.39, 0.29) is 11.6 Å². The smallest absolute Gasteiger partial charge is 0.125 e. The van der Waals surface area contributed by atoms with Crippen molar-refractivity contribution in [3.05, 3.63) is 64.7 Å². The summed E-state index contributed by atoms with van der Waals surface area (Å²) in [5.41, 5.74) is 3.14. The molecule has 0 fully saturated rings. The molecule has 0 radical (unpaired) electrons. The van der Waals surface area contributed by atoms with Gasteiger partial charge in [-0.3, -0.25) is 0 Å². The van der Waals surface area contributed by atoms with Crippen molar-refractivity contribution in [1.29, 1.82) is 0 Å². The zero-order valence-electron chi connectivity index (χ0n) is 13.1. The topological polar surface area (TPSA) is 15.6 Å². The lowest BCUT2D eigenvalue weighted by Gasteiger charge is -2.12. The lowest BCUT2D eigenvalue weighted by molar-refractivity contribution is 0.552. The minimum atomic E-state index is -0.330. The molecular weight excluding hydrogens is 282 g/mol. The van der Waals surface area contributed by atoms with Crippen LogP contribution in [0.15, 0.2) is 41.4 Å². The first-order chi connectivity index (χ1) is 10.5. The van der Waals surface area contributed by atoms with Crippen LogP contribution < -0.4 is 0 Å². The largest absolute Gasteiger partial charge is 0.366 e. The van der Waals surface area contributed by atoms with Gasteiger partial charge in [-0.05, 0) is 61.2 Å². The number of halogens is 2. The van der Waals surface area contributed by atoms with Crippen LogP contribution in [-0.2, 0) is 6.42 Å². The maximum absolute atomic E-state index is 13.8. The Morgan fingerprint density at radius 3 is 2.59 bits per heavy atom. The molecule has 0 bridgehead atoms. The van der Waals surface area contributed by atoms with Gasteiger partial charge in [0.05, 0.1) is 12.0 Å². The maximum atomic E-state index is 13.8. The zero-order chi connectivity index (χ0) is 16.1. The Balaban J connectivity index is 2.32. The third kappa shape index (κ3) is 4.13. The fraction of sp³-hybridized carbons (Fsp3) is 0.278. The summed E-state index contributed by atoms with van der Waals surface area (Å²) in [6, 6.07) is 9.28. The van der Waals surface area contributed by atoms with Crippen molar-refractivity contribution in [3.63, 3.8) is 0 Å². The molecule has 0 aliphatic heterocycles. The average molecular weight is 302 g/mol. The van der Waals surface area contributed by atoms with Crippen LogP contribution in [0.3, 0.4) is 0 Å². The molecule has 0 aliphatic carbocycles. The van der Waals surface area contributed by atoms with E-state index in [0.717, 1.165) is 23.2 Å². The van der Waals surface area contributed by atoms with Gasteiger partial charge in [0.25, 0.3) is 0 Å². The highest BCUT2D eigenvalue weighted by Crippen LogP contribution is 2.26. The molecule has 0 atom stereocenters. The van der Waals surface area contributed by atoms with E-state index >= 15 is 0 Å². The first-order valence-electron chi connectivity index (χ1n) is 7.27. The molecular formula is C18H20F2N2. The number of hydrogen-bond donors (Lipinski definition) is 0. The number of nitrogens with zero attached hydrogens (tertiary/aromatic N) is 2. The monoisotopic (exact) mass is 302 g/mol. The Morgan fingerprint density at radius 2 is 1.91 bits per heavy atom. The SMILES string of the molecule is CCN(C)C=Nc1cc(F)cc(Cc2cccc(F)c2)c1C. The molecule has 2 rings (SSSR count). The van der Waals surface area contributed by atoms with Gasteiger partial charge >= 0.3 is 0 Å². The number of benzene rings is 2. The van der Waals surface area contributed by atoms with Gasteiger partial charge in [-0.15, -0.1) is 0 Å². The molecule has 116 valence electrons. The van der Waals surface area contributed by atoms with E-state index in [1.807, 2.05) is 31.9 Å². The summed E-state index contributed by atoms with van der Waals surface area (Å²) in [5.74, 6) is -0.613. The first kappa shape index (κ1) is 16.1. The average Bonchev–Trinajstić information content (AvgIpc) is 2.48. The van der Waals surface area contributed by atoms with Gasteiger partial charge in [0.1, 0.15) is 11.6 Å². The fourth-order valence-electron chi connectivity index (χ4n) is 2.15. The van der Waals surface area contributed by atoms with E-state index in [4.69, 9.17) is 0 Å². The third-order valence-corrected chi connectivity index (χ3v) is 3.63. The molecule has 0 aromatic heterocycles. The Labute approximate surface area is 130 Å². The highest BCUT2D eigenvalue weighted by Gasteiger charge is 2.08. The summed E-state index contributed by atoms with van der Waals surface area (Å²) < 4.78 is 27.1. The predicted octanol–water partition coefficient (Wildman–Crippen LogP) is 4.48. The molecule has 4 heteroatoms. The highest BCUT2D eigenvalue weighted by atomic mass is 19.1. The molecule has 0 heterocycles. The Kier molecular flexibility index (Phi) is 5.26. The molecule has 0 saturated heterocycles. The van der Waals surface area contributed by atoms with Crippen molar-refractivity contribution >= 4 is 12.0 Å². The molecule has 2 aromatic carbocycles. The van der Waals surface area contributed by atoms with Crippen LogP contribution in [0.5, 0.6) is 0 Å². The lowest BCUT2D eigenvalue weighted by atomic mass is 9.99. The second-order valence-electron chi connectivity index (χ2n) is 5.33. The van der Waals surface area contributed by atoms with Gasteiger partial charge in [0.15, 0.2) is 0 Å².